The molecule has 1 rings (SSSR count). The number of unbranched alkanes of at least 4 members (excludes halogenated alkanes) is 3. The lowest BCUT2D eigenvalue weighted by Gasteiger charge is -2.20. The van der Waals surface area contributed by atoms with Gasteiger partial charge in [0.25, 0.3) is 0 Å². The molecule has 0 saturated carbocycles. The van der Waals surface area contributed by atoms with Gasteiger partial charge >= 0.3 is 0 Å². The van der Waals surface area contributed by atoms with Crippen LogP contribution in [0.25, 0.3) is 0 Å². The maximum Gasteiger partial charge on any atom is 0.0519 e. The third-order valence-electron chi connectivity index (χ3n) is 3.01. The largest absolute Gasteiger partial charge is 0.312 e. The molecule has 3 heteroatoms. The summed E-state index contributed by atoms with van der Waals surface area (Å²) in [7, 11) is 2.07. The van der Waals surface area contributed by atoms with Crippen LogP contribution in [0.15, 0.2) is 24.3 Å². The first kappa shape index (κ1) is 16.9. The molecule has 0 unspecified atom stereocenters. The quantitative estimate of drug-likeness (QED) is 0.558. The molecule has 0 saturated heterocycles. The lowest BCUT2D eigenvalue weighted by atomic mass is 10.1. The van der Waals surface area contributed by atoms with Crippen molar-refractivity contribution < 1.29 is 4.70 Å². The number of benzene rings is 1. The molecule has 1 aromatic rings. The molecule has 0 aliphatic rings. The zero-order valence-electron chi connectivity index (χ0n) is 11.9. The number of nitrogens with zero attached hydrogens (tertiary/aromatic N) is 1. The number of halogens is 1. The fraction of sp³-hybridized carbons (Fsp3) is 0.600. The van der Waals surface area contributed by atoms with E-state index in [1.807, 2.05) is 0 Å². The Morgan fingerprint density at radius 1 is 1.11 bits per heavy atom. The minimum absolute atomic E-state index is 0. The van der Waals surface area contributed by atoms with Crippen LogP contribution in [0.4, 0.5) is 10.4 Å². The van der Waals surface area contributed by atoms with E-state index in [2.05, 4.69) is 55.6 Å². The molecule has 0 fully saturated rings. The number of aryl methyl sites for hydroxylation is 1. The summed E-state index contributed by atoms with van der Waals surface area (Å²) in [6.07, 6.45) is 6.53. The molecule has 1 aromatic carbocycles. The van der Waals surface area contributed by atoms with Crippen LogP contribution in [0.3, 0.4) is 0 Å². The van der Waals surface area contributed by atoms with Gasteiger partial charge in [0.1, 0.15) is 0 Å². The molecule has 0 aromatic heterocycles. The second kappa shape index (κ2) is 9.89. The zero-order chi connectivity index (χ0) is 12.5. The van der Waals surface area contributed by atoms with E-state index in [1.54, 1.807) is 0 Å². The van der Waals surface area contributed by atoms with E-state index in [4.69, 9.17) is 0 Å². The highest BCUT2D eigenvalue weighted by atomic mass is 19.0. The van der Waals surface area contributed by atoms with Crippen LogP contribution in [0.2, 0.25) is 0 Å². The van der Waals surface area contributed by atoms with Gasteiger partial charge < -0.3 is 5.01 Å². The minimum atomic E-state index is 0. The second-order valence-corrected chi connectivity index (χ2v) is 4.55. The van der Waals surface area contributed by atoms with Crippen LogP contribution in [0.5, 0.6) is 0 Å². The van der Waals surface area contributed by atoms with Crippen LogP contribution < -0.4 is 10.4 Å². The van der Waals surface area contributed by atoms with Gasteiger partial charge in [-0.2, -0.15) is 0 Å². The predicted molar refractivity (Wildman–Crippen MR) is 78.9 cm³/mol. The molecule has 0 amide bonds. The van der Waals surface area contributed by atoms with E-state index in [1.165, 1.54) is 43.4 Å². The van der Waals surface area contributed by atoms with Gasteiger partial charge in [0.05, 0.1) is 5.69 Å². The summed E-state index contributed by atoms with van der Waals surface area (Å²) in [5, 5.41) is 2.09. The van der Waals surface area contributed by atoms with Crippen molar-refractivity contribution in [2.45, 2.75) is 46.0 Å². The van der Waals surface area contributed by atoms with Crippen LogP contribution in [0.1, 0.15) is 45.1 Å². The van der Waals surface area contributed by atoms with Gasteiger partial charge in [-0.05, 0) is 30.5 Å². The van der Waals surface area contributed by atoms with E-state index < -0.39 is 0 Å². The summed E-state index contributed by atoms with van der Waals surface area (Å²) >= 11 is 0. The van der Waals surface area contributed by atoms with Crippen molar-refractivity contribution in [2.75, 3.05) is 18.6 Å². The van der Waals surface area contributed by atoms with Crippen LogP contribution >= 0.6 is 0 Å². The van der Waals surface area contributed by atoms with Gasteiger partial charge in [0.15, 0.2) is 0 Å². The molecule has 0 atom stereocenters. The lowest BCUT2D eigenvalue weighted by Crippen LogP contribution is -2.33. The summed E-state index contributed by atoms with van der Waals surface area (Å²) in [5.41, 5.74) is 6.00. The molecule has 2 nitrogen and oxygen atoms in total. The van der Waals surface area contributed by atoms with Crippen molar-refractivity contribution in [3.8, 4) is 0 Å². The van der Waals surface area contributed by atoms with E-state index in [0.29, 0.717) is 0 Å². The summed E-state index contributed by atoms with van der Waals surface area (Å²) in [5.74, 6) is 0. The minimum Gasteiger partial charge on any atom is -0.312 e. The highest BCUT2D eigenvalue weighted by molar-refractivity contribution is 5.46. The van der Waals surface area contributed by atoms with E-state index in [0.717, 1.165) is 6.54 Å². The third-order valence-corrected chi connectivity index (χ3v) is 3.01. The predicted octanol–water partition coefficient (Wildman–Crippen LogP) is 3.92. The zero-order valence-corrected chi connectivity index (χ0v) is 11.9. The second-order valence-electron chi connectivity index (χ2n) is 4.55. The van der Waals surface area contributed by atoms with Crippen molar-refractivity contribution in [1.29, 1.82) is 0 Å². The molecule has 104 valence electrons. The standard InChI is InChI=1S/C15H26N2.FH/c1-4-6-7-8-10-14-11-9-12-15(13-14)17(3)16-5-2;/h9,11-13,16H,4-8,10H2,1-3H3;1H. The summed E-state index contributed by atoms with van der Waals surface area (Å²) < 4.78 is 0. The maximum atomic E-state index is 3.30. The van der Waals surface area contributed by atoms with Gasteiger partial charge in [-0.15, -0.1) is 0 Å². The molecule has 0 aliphatic heterocycles. The number of hydrogen-bond donors (Lipinski definition) is 1. The molecule has 1 N–H and O–H groups in total. The first-order valence-electron chi connectivity index (χ1n) is 6.84. The smallest absolute Gasteiger partial charge is 0.0519 e. The van der Waals surface area contributed by atoms with Crippen molar-refractivity contribution in [3.63, 3.8) is 0 Å². The SMILES string of the molecule is CCCCCCc1cccc(N(C)NCC)c1.F. The maximum absolute atomic E-state index is 3.30. The Labute approximate surface area is 111 Å². The van der Waals surface area contributed by atoms with Crippen molar-refractivity contribution in [2.24, 2.45) is 0 Å². The van der Waals surface area contributed by atoms with Crippen LogP contribution in [-0.2, 0) is 6.42 Å². The van der Waals surface area contributed by atoms with Gasteiger partial charge in [0.2, 0.25) is 0 Å². The fourth-order valence-electron chi connectivity index (χ4n) is 2.00. The van der Waals surface area contributed by atoms with E-state index >= 15 is 0 Å². The number of anilines is 1. The number of nitrogens with one attached hydrogen (secondary N) is 1. The Bertz CT molecular complexity index is 315. The first-order chi connectivity index (χ1) is 8.27. The van der Waals surface area contributed by atoms with Gasteiger partial charge in [-0.1, -0.05) is 45.2 Å². The van der Waals surface area contributed by atoms with Gasteiger partial charge in [-0.25, -0.2) is 5.43 Å². The lowest BCUT2D eigenvalue weighted by molar-refractivity contribution is 0.666. The Balaban J connectivity index is 0.00000289. The van der Waals surface area contributed by atoms with Crippen LogP contribution in [0, 0.1) is 0 Å². The van der Waals surface area contributed by atoms with E-state index in [9.17, 15) is 0 Å². The highest BCUT2D eigenvalue weighted by Gasteiger charge is 2.00. The molecule has 0 aliphatic carbocycles. The topological polar surface area (TPSA) is 15.3 Å². The monoisotopic (exact) mass is 254 g/mol. The summed E-state index contributed by atoms with van der Waals surface area (Å²) in [6, 6.07) is 8.82. The Kier molecular flexibility index (Phi) is 9.29. The summed E-state index contributed by atoms with van der Waals surface area (Å²) in [4.78, 5) is 0. The molecular formula is C15H27FN2. The van der Waals surface area contributed by atoms with Crippen LogP contribution in [-0.4, -0.2) is 13.6 Å². The average molecular weight is 254 g/mol. The Morgan fingerprint density at radius 2 is 1.89 bits per heavy atom. The highest BCUT2D eigenvalue weighted by Crippen LogP contribution is 2.15. The fourth-order valence-corrected chi connectivity index (χ4v) is 2.00. The Hall–Kier alpha value is -1.09. The first-order valence-corrected chi connectivity index (χ1v) is 6.84. The Morgan fingerprint density at radius 3 is 2.56 bits per heavy atom. The molecule has 0 radical (unpaired) electrons. The number of hydrogen-bond acceptors (Lipinski definition) is 2. The van der Waals surface area contributed by atoms with E-state index in [-0.39, 0.29) is 4.70 Å². The molecule has 0 heterocycles. The van der Waals surface area contributed by atoms with Crippen molar-refractivity contribution in [1.82, 2.24) is 5.43 Å². The number of rotatable bonds is 8. The summed E-state index contributed by atoms with van der Waals surface area (Å²) in [6.45, 7) is 5.33. The third kappa shape index (κ3) is 6.01. The molecule has 0 bridgehead atoms. The molecular weight excluding hydrogens is 227 g/mol. The van der Waals surface area contributed by atoms with Crippen molar-refractivity contribution in [3.05, 3.63) is 29.8 Å². The number of hydrazine groups is 1. The van der Waals surface area contributed by atoms with Gasteiger partial charge in [-0.3, -0.25) is 4.70 Å². The average Bonchev–Trinajstić information content (AvgIpc) is 2.35. The van der Waals surface area contributed by atoms with Crippen molar-refractivity contribution >= 4 is 5.69 Å². The van der Waals surface area contributed by atoms with Gasteiger partial charge in [0, 0.05) is 13.6 Å². The molecule has 0 spiro atoms. The normalized spacial score (nSPS) is 9.94. The molecule has 18 heavy (non-hydrogen) atoms.